The molecule has 0 unspecified atom stereocenters. The summed E-state index contributed by atoms with van der Waals surface area (Å²) in [6.45, 7) is 0. The predicted octanol–water partition coefficient (Wildman–Crippen LogP) is 2.67. The Bertz CT molecular complexity index is 892. The van der Waals surface area contributed by atoms with Crippen LogP contribution in [0.1, 0.15) is 15.9 Å². The number of hydrogen-bond donors (Lipinski definition) is 2. The summed E-state index contributed by atoms with van der Waals surface area (Å²) in [5, 5.41) is 10.1. The molecule has 0 aliphatic rings. The topological polar surface area (TPSA) is 98.3 Å². The Morgan fingerprint density at radius 3 is 2.46 bits per heavy atom. The molecule has 0 spiro atoms. The van der Waals surface area contributed by atoms with E-state index in [1.165, 1.54) is 12.3 Å². The van der Waals surface area contributed by atoms with E-state index in [9.17, 15) is 9.90 Å². The summed E-state index contributed by atoms with van der Waals surface area (Å²) in [6, 6.07) is 13.1. The number of nitrogens with zero attached hydrogens (tertiary/aromatic N) is 2. The number of ether oxygens (including phenoxy) is 1. The standard InChI is InChI=1S/C18H15N3O3/c1-24-13-5-2-11(3-6-13)17(23)12-4-7-16(22)14(10-12)15-8-9-20-18(19)21-15/h2-10,22H,1H3,(H2,19,20,21). The molecule has 24 heavy (non-hydrogen) atoms. The van der Waals surface area contributed by atoms with E-state index in [1.807, 2.05) is 0 Å². The molecule has 0 fully saturated rings. The van der Waals surface area contributed by atoms with Crippen molar-refractivity contribution in [3.8, 4) is 22.8 Å². The number of carbonyl (C=O) groups excluding carboxylic acids is 1. The second-order valence-electron chi connectivity index (χ2n) is 5.09. The van der Waals surface area contributed by atoms with Crippen LogP contribution < -0.4 is 10.5 Å². The highest BCUT2D eigenvalue weighted by molar-refractivity contribution is 6.09. The van der Waals surface area contributed by atoms with Gasteiger partial charge in [-0.2, -0.15) is 0 Å². The first-order valence-electron chi connectivity index (χ1n) is 7.19. The first-order chi connectivity index (χ1) is 11.6. The van der Waals surface area contributed by atoms with Gasteiger partial charge in [-0.3, -0.25) is 4.79 Å². The number of carbonyl (C=O) groups is 1. The molecule has 6 heteroatoms. The predicted molar refractivity (Wildman–Crippen MR) is 90.0 cm³/mol. The van der Waals surface area contributed by atoms with E-state index in [0.29, 0.717) is 28.1 Å². The number of benzene rings is 2. The molecular weight excluding hydrogens is 306 g/mol. The molecule has 3 rings (SSSR count). The zero-order chi connectivity index (χ0) is 17.1. The third kappa shape index (κ3) is 3.03. The molecule has 0 aliphatic carbocycles. The molecular formula is C18H15N3O3. The van der Waals surface area contributed by atoms with Crippen molar-refractivity contribution in [1.82, 2.24) is 9.97 Å². The molecule has 0 atom stereocenters. The van der Waals surface area contributed by atoms with Crippen molar-refractivity contribution < 1.29 is 14.6 Å². The van der Waals surface area contributed by atoms with Crippen LogP contribution in [0.5, 0.6) is 11.5 Å². The number of anilines is 1. The molecule has 0 aliphatic heterocycles. The Morgan fingerprint density at radius 2 is 1.79 bits per heavy atom. The average molecular weight is 321 g/mol. The Labute approximate surface area is 138 Å². The molecule has 1 heterocycles. The first kappa shape index (κ1) is 15.5. The van der Waals surface area contributed by atoms with Gasteiger partial charge >= 0.3 is 0 Å². The van der Waals surface area contributed by atoms with Gasteiger partial charge in [-0.15, -0.1) is 0 Å². The highest BCUT2D eigenvalue weighted by Crippen LogP contribution is 2.29. The van der Waals surface area contributed by atoms with Gasteiger partial charge in [0, 0.05) is 22.9 Å². The summed E-state index contributed by atoms with van der Waals surface area (Å²) >= 11 is 0. The van der Waals surface area contributed by atoms with Crippen molar-refractivity contribution in [3.63, 3.8) is 0 Å². The number of nitrogen functional groups attached to an aromatic ring is 1. The van der Waals surface area contributed by atoms with Crippen molar-refractivity contribution in [1.29, 1.82) is 0 Å². The highest BCUT2D eigenvalue weighted by atomic mass is 16.5. The molecule has 1 aromatic heterocycles. The molecule has 120 valence electrons. The van der Waals surface area contributed by atoms with Crippen LogP contribution in [0, 0.1) is 0 Å². The van der Waals surface area contributed by atoms with Gasteiger partial charge in [-0.1, -0.05) is 0 Å². The van der Waals surface area contributed by atoms with E-state index in [-0.39, 0.29) is 17.5 Å². The lowest BCUT2D eigenvalue weighted by Crippen LogP contribution is -2.02. The van der Waals surface area contributed by atoms with Crippen LogP contribution in [0.4, 0.5) is 5.95 Å². The summed E-state index contributed by atoms with van der Waals surface area (Å²) in [5.74, 6) is 0.619. The minimum Gasteiger partial charge on any atom is -0.507 e. The quantitative estimate of drug-likeness (QED) is 0.717. The van der Waals surface area contributed by atoms with Crippen LogP contribution >= 0.6 is 0 Å². The van der Waals surface area contributed by atoms with Crippen molar-refractivity contribution in [2.45, 2.75) is 0 Å². The van der Waals surface area contributed by atoms with Crippen molar-refractivity contribution >= 4 is 11.7 Å². The molecule has 0 bridgehead atoms. The van der Waals surface area contributed by atoms with Crippen LogP contribution in [-0.2, 0) is 0 Å². The van der Waals surface area contributed by atoms with E-state index in [1.54, 1.807) is 49.6 Å². The lowest BCUT2D eigenvalue weighted by Gasteiger charge is -2.08. The van der Waals surface area contributed by atoms with Crippen LogP contribution in [0.3, 0.4) is 0 Å². The first-order valence-corrected chi connectivity index (χ1v) is 7.19. The average Bonchev–Trinajstić information content (AvgIpc) is 2.61. The second kappa shape index (κ2) is 6.37. The monoisotopic (exact) mass is 321 g/mol. The molecule has 0 amide bonds. The number of aromatic nitrogens is 2. The molecule has 0 saturated carbocycles. The van der Waals surface area contributed by atoms with Gasteiger partial charge < -0.3 is 15.6 Å². The molecule has 3 aromatic rings. The summed E-state index contributed by atoms with van der Waals surface area (Å²) < 4.78 is 5.09. The Morgan fingerprint density at radius 1 is 1.08 bits per heavy atom. The minimum atomic E-state index is -0.166. The third-order valence-corrected chi connectivity index (χ3v) is 3.56. The van der Waals surface area contributed by atoms with Crippen molar-refractivity contribution in [3.05, 3.63) is 65.9 Å². The lowest BCUT2D eigenvalue weighted by molar-refractivity contribution is 0.103. The van der Waals surface area contributed by atoms with Crippen molar-refractivity contribution in [2.75, 3.05) is 12.8 Å². The SMILES string of the molecule is COc1ccc(C(=O)c2ccc(O)c(-c3ccnc(N)n3)c2)cc1. The molecule has 3 N–H and O–H groups in total. The number of methoxy groups -OCH3 is 1. The minimum absolute atomic E-state index is 0.0133. The van der Waals surface area contributed by atoms with Crippen LogP contribution in [0.15, 0.2) is 54.7 Å². The summed E-state index contributed by atoms with van der Waals surface area (Å²) in [7, 11) is 1.57. The Balaban J connectivity index is 1.99. The fourth-order valence-corrected chi connectivity index (χ4v) is 2.32. The third-order valence-electron chi connectivity index (χ3n) is 3.56. The number of nitrogens with two attached hydrogens (primary N) is 1. The maximum Gasteiger partial charge on any atom is 0.220 e. The van der Waals surface area contributed by atoms with E-state index >= 15 is 0 Å². The number of ketones is 1. The Hall–Kier alpha value is -3.41. The smallest absolute Gasteiger partial charge is 0.220 e. The van der Waals surface area contributed by atoms with Crippen molar-refractivity contribution in [2.24, 2.45) is 0 Å². The molecule has 0 radical (unpaired) electrons. The molecule has 6 nitrogen and oxygen atoms in total. The maximum atomic E-state index is 12.6. The van der Waals surface area contributed by atoms with E-state index in [2.05, 4.69) is 9.97 Å². The van der Waals surface area contributed by atoms with Crippen LogP contribution in [-0.4, -0.2) is 28.0 Å². The van der Waals surface area contributed by atoms with E-state index in [4.69, 9.17) is 10.5 Å². The van der Waals surface area contributed by atoms with Gasteiger partial charge in [-0.25, -0.2) is 9.97 Å². The Kier molecular flexibility index (Phi) is 4.11. The van der Waals surface area contributed by atoms with Gasteiger partial charge in [0.1, 0.15) is 11.5 Å². The van der Waals surface area contributed by atoms with Gasteiger partial charge in [0.25, 0.3) is 0 Å². The van der Waals surface area contributed by atoms with Crippen LogP contribution in [0.2, 0.25) is 0 Å². The zero-order valence-electron chi connectivity index (χ0n) is 12.9. The lowest BCUT2D eigenvalue weighted by atomic mass is 9.99. The van der Waals surface area contributed by atoms with Gasteiger partial charge in [-0.05, 0) is 48.5 Å². The fourth-order valence-electron chi connectivity index (χ4n) is 2.32. The zero-order valence-corrected chi connectivity index (χ0v) is 12.9. The largest absolute Gasteiger partial charge is 0.507 e. The fraction of sp³-hybridized carbons (Fsp3) is 0.0556. The molecule has 2 aromatic carbocycles. The van der Waals surface area contributed by atoms with Gasteiger partial charge in [0.2, 0.25) is 5.95 Å². The van der Waals surface area contributed by atoms with Gasteiger partial charge in [0.15, 0.2) is 5.78 Å². The summed E-state index contributed by atoms with van der Waals surface area (Å²) in [5.41, 5.74) is 7.41. The van der Waals surface area contributed by atoms with Gasteiger partial charge in [0.05, 0.1) is 12.8 Å². The highest BCUT2D eigenvalue weighted by Gasteiger charge is 2.14. The summed E-state index contributed by atoms with van der Waals surface area (Å²) in [4.78, 5) is 20.5. The summed E-state index contributed by atoms with van der Waals surface area (Å²) in [6.07, 6.45) is 1.50. The van der Waals surface area contributed by atoms with E-state index < -0.39 is 0 Å². The molecule has 0 saturated heterocycles. The maximum absolute atomic E-state index is 12.6. The number of phenolic OH excluding ortho intramolecular Hbond substituents is 1. The number of aromatic hydroxyl groups is 1. The van der Waals surface area contributed by atoms with E-state index in [0.717, 1.165) is 0 Å². The number of hydrogen-bond acceptors (Lipinski definition) is 6. The number of phenols is 1. The second-order valence-corrected chi connectivity index (χ2v) is 5.09. The number of rotatable bonds is 4. The normalized spacial score (nSPS) is 10.4. The van der Waals surface area contributed by atoms with Crippen LogP contribution in [0.25, 0.3) is 11.3 Å².